The van der Waals surface area contributed by atoms with E-state index in [1.54, 1.807) is 18.2 Å². The summed E-state index contributed by atoms with van der Waals surface area (Å²) in [7, 11) is 1.48. The van der Waals surface area contributed by atoms with Crippen molar-refractivity contribution in [2.75, 3.05) is 26.1 Å². The van der Waals surface area contributed by atoms with E-state index < -0.39 is 12.1 Å². The van der Waals surface area contributed by atoms with Crippen LogP contribution in [0.25, 0.3) is 0 Å². The molecule has 1 heterocycles. The highest BCUT2D eigenvalue weighted by atomic mass is 16.5. The Hall–Kier alpha value is -2.61. The van der Waals surface area contributed by atoms with Crippen LogP contribution in [0.5, 0.6) is 5.75 Å². The van der Waals surface area contributed by atoms with Gasteiger partial charge >= 0.3 is 0 Å². The minimum Gasteiger partial charge on any atom is -0.495 e. The molecule has 2 aliphatic rings. The van der Waals surface area contributed by atoms with Crippen molar-refractivity contribution in [3.63, 3.8) is 0 Å². The number of rotatable bonds is 7. The highest BCUT2D eigenvalue weighted by Crippen LogP contribution is 2.41. The average molecular weight is 434 g/mol. The van der Waals surface area contributed by atoms with Crippen molar-refractivity contribution in [2.24, 2.45) is 5.41 Å². The number of nitrogens with one attached hydrogen (secondary N) is 2. The number of carbonyl (C=O) groups excluding carboxylic acids is 3. The molecule has 2 fully saturated rings. The molecule has 172 valence electrons. The minimum absolute atomic E-state index is 0.00488. The number of nitrogen functional groups attached to an aromatic ring is 1. The molecular weight excluding hydrogens is 398 g/mol. The van der Waals surface area contributed by atoms with Crippen LogP contribution in [0.4, 0.5) is 5.69 Å². The van der Waals surface area contributed by atoms with Crippen molar-refractivity contribution < 1.29 is 23.9 Å². The smallest absolute Gasteiger partial charge is 0.252 e. The van der Waals surface area contributed by atoms with E-state index in [-0.39, 0.29) is 36.2 Å². The molecule has 0 radical (unpaired) electrons. The van der Waals surface area contributed by atoms with Crippen molar-refractivity contribution in [1.82, 2.24) is 10.6 Å². The van der Waals surface area contributed by atoms with Gasteiger partial charge in [-0.2, -0.15) is 0 Å². The summed E-state index contributed by atoms with van der Waals surface area (Å²) in [4.78, 5) is 37.6. The fourth-order valence-corrected chi connectivity index (χ4v) is 4.09. The molecule has 1 saturated carbocycles. The van der Waals surface area contributed by atoms with Crippen LogP contribution in [0.3, 0.4) is 0 Å². The maximum atomic E-state index is 12.9. The number of carbonyl (C=O) groups is 3. The maximum Gasteiger partial charge on any atom is 0.252 e. The fraction of sp³-hybridized carbons (Fsp3) is 0.609. The Kier molecular flexibility index (Phi) is 8.86. The van der Waals surface area contributed by atoms with Gasteiger partial charge in [0, 0.05) is 5.56 Å². The summed E-state index contributed by atoms with van der Waals surface area (Å²) in [5, 5.41) is 5.58. The molecule has 1 saturated heterocycles. The zero-order chi connectivity index (χ0) is 23.0. The Balaban J connectivity index is 0.00000166. The van der Waals surface area contributed by atoms with Crippen LogP contribution in [0.1, 0.15) is 63.2 Å². The molecule has 1 unspecified atom stereocenters. The Morgan fingerprint density at radius 2 is 1.97 bits per heavy atom. The molecule has 4 N–H and O–H groups in total. The van der Waals surface area contributed by atoms with E-state index in [2.05, 4.69) is 17.6 Å². The summed E-state index contributed by atoms with van der Waals surface area (Å²) in [6.07, 6.45) is 4.76. The molecule has 1 aliphatic carbocycles. The van der Waals surface area contributed by atoms with Gasteiger partial charge in [-0.1, -0.05) is 33.6 Å². The van der Waals surface area contributed by atoms with Gasteiger partial charge in [-0.3, -0.25) is 14.4 Å². The van der Waals surface area contributed by atoms with E-state index in [0.29, 0.717) is 23.4 Å². The number of amides is 2. The molecule has 2 atom stereocenters. The largest absolute Gasteiger partial charge is 0.495 e. The molecular formula is C23H35N3O5. The van der Waals surface area contributed by atoms with Gasteiger partial charge in [-0.25, -0.2) is 0 Å². The fourth-order valence-electron chi connectivity index (χ4n) is 4.09. The normalized spacial score (nSPS) is 20.4. The molecule has 8 heteroatoms. The molecule has 1 aromatic carbocycles. The Labute approximate surface area is 184 Å². The summed E-state index contributed by atoms with van der Waals surface area (Å²) >= 11 is 0. The number of ketones is 1. The summed E-state index contributed by atoms with van der Waals surface area (Å²) in [6, 6.07) is 3.33. The highest BCUT2D eigenvalue weighted by molar-refractivity contribution is 5.99. The molecule has 8 nitrogen and oxygen atoms in total. The first-order valence-corrected chi connectivity index (χ1v) is 11.0. The quantitative estimate of drug-likeness (QED) is 0.568. The van der Waals surface area contributed by atoms with Crippen LogP contribution in [0.15, 0.2) is 18.2 Å². The average Bonchev–Trinajstić information content (AvgIpc) is 3.37. The van der Waals surface area contributed by atoms with E-state index in [9.17, 15) is 14.4 Å². The standard InChI is InChI=1S/C21H29N3O5.C2H6/c1-21(7-3-4-8-21)10-15(20(27)24-16-11-29-12-17(16)25)23-19(26)13-5-6-14(22)18(9-13)28-2;1-2/h5-6,9,15-16H,3-4,7-8,10-12,22H2,1-2H3,(H,23,26)(H,24,27);1-2H3/t15?,16-;/m0./s1. The number of ether oxygens (including phenoxy) is 2. The number of hydrogen-bond donors (Lipinski definition) is 3. The summed E-state index contributed by atoms with van der Waals surface area (Å²) in [6.45, 7) is 6.31. The number of hydrogen-bond acceptors (Lipinski definition) is 6. The first-order valence-electron chi connectivity index (χ1n) is 11.0. The second-order valence-corrected chi connectivity index (χ2v) is 8.25. The number of benzene rings is 1. The molecule has 2 amide bonds. The molecule has 1 aliphatic heterocycles. The third-order valence-electron chi connectivity index (χ3n) is 5.86. The summed E-state index contributed by atoms with van der Waals surface area (Å²) < 4.78 is 10.3. The van der Waals surface area contributed by atoms with Gasteiger partial charge in [0.1, 0.15) is 24.4 Å². The first-order chi connectivity index (χ1) is 14.8. The van der Waals surface area contributed by atoms with Crippen LogP contribution in [-0.2, 0) is 14.3 Å². The van der Waals surface area contributed by atoms with Crippen molar-refractivity contribution in [2.45, 2.75) is 65.0 Å². The second-order valence-electron chi connectivity index (χ2n) is 8.25. The summed E-state index contributed by atoms with van der Waals surface area (Å²) in [5.74, 6) is -0.509. The monoisotopic (exact) mass is 433 g/mol. The lowest BCUT2D eigenvalue weighted by Gasteiger charge is -2.29. The molecule has 3 rings (SSSR count). The molecule has 1 aromatic rings. The van der Waals surface area contributed by atoms with E-state index in [1.165, 1.54) is 7.11 Å². The molecule has 0 spiro atoms. The van der Waals surface area contributed by atoms with Crippen LogP contribution >= 0.6 is 0 Å². The molecule has 31 heavy (non-hydrogen) atoms. The second kappa shape index (κ2) is 11.1. The molecule has 0 bridgehead atoms. The van der Waals surface area contributed by atoms with Gasteiger partial charge < -0.3 is 25.8 Å². The Morgan fingerprint density at radius 1 is 1.29 bits per heavy atom. The zero-order valence-corrected chi connectivity index (χ0v) is 19.0. The predicted octanol–water partition coefficient (Wildman–Crippen LogP) is 2.46. The van der Waals surface area contributed by atoms with Gasteiger partial charge in [-0.05, 0) is 42.9 Å². The third-order valence-corrected chi connectivity index (χ3v) is 5.86. The van der Waals surface area contributed by atoms with E-state index in [0.717, 1.165) is 25.7 Å². The SMILES string of the molecule is CC.COc1cc(C(=O)NC(CC2(C)CCCC2)C(=O)N[C@H]2COCC2=O)ccc1N. The topological polar surface area (TPSA) is 120 Å². The number of anilines is 1. The lowest BCUT2D eigenvalue weighted by molar-refractivity contribution is -0.127. The van der Waals surface area contributed by atoms with E-state index in [1.807, 2.05) is 13.8 Å². The van der Waals surface area contributed by atoms with E-state index in [4.69, 9.17) is 15.2 Å². The maximum absolute atomic E-state index is 12.9. The summed E-state index contributed by atoms with van der Waals surface area (Å²) in [5.41, 5.74) is 6.57. The predicted molar refractivity (Wildman–Crippen MR) is 119 cm³/mol. The zero-order valence-electron chi connectivity index (χ0n) is 19.0. The van der Waals surface area contributed by atoms with Gasteiger partial charge in [0.15, 0.2) is 5.78 Å². The van der Waals surface area contributed by atoms with Crippen LogP contribution < -0.4 is 21.1 Å². The van der Waals surface area contributed by atoms with Crippen LogP contribution in [-0.4, -0.2) is 50.0 Å². The van der Waals surface area contributed by atoms with Crippen molar-refractivity contribution in [3.8, 4) is 5.75 Å². The minimum atomic E-state index is -0.748. The number of nitrogens with two attached hydrogens (primary N) is 1. The van der Waals surface area contributed by atoms with Crippen molar-refractivity contribution in [3.05, 3.63) is 23.8 Å². The number of Topliss-reactive ketones (excluding diaryl/α,β-unsaturated/α-hetero) is 1. The van der Waals surface area contributed by atoms with Gasteiger partial charge in [0.2, 0.25) is 5.91 Å². The molecule has 0 aromatic heterocycles. The number of methoxy groups -OCH3 is 1. The Bertz CT molecular complexity index is 789. The van der Waals surface area contributed by atoms with Gasteiger partial charge in [0.05, 0.1) is 19.4 Å². The van der Waals surface area contributed by atoms with Crippen LogP contribution in [0, 0.1) is 5.41 Å². The first kappa shape index (κ1) is 24.7. The van der Waals surface area contributed by atoms with Crippen LogP contribution in [0.2, 0.25) is 0 Å². The Morgan fingerprint density at radius 3 is 2.55 bits per heavy atom. The van der Waals surface area contributed by atoms with Crippen molar-refractivity contribution >= 4 is 23.3 Å². The third kappa shape index (κ3) is 6.43. The van der Waals surface area contributed by atoms with Crippen molar-refractivity contribution in [1.29, 1.82) is 0 Å². The highest BCUT2D eigenvalue weighted by Gasteiger charge is 2.37. The van der Waals surface area contributed by atoms with Gasteiger partial charge in [-0.15, -0.1) is 0 Å². The lowest BCUT2D eigenvalue weighted by Crippen LogP contribution is -2.52. The van der Waals surface area contributed by atoms with E-state index >= 15 is 0 Å². The van der Waals surface area contributed by atoms with Gasteiger partial charge in [0.25, 0.3) is 5.91 Å². The lowest BCUT2D eigenvalue weighted by atomic mass is 9.81.